The molecule has 0 aliphatic heterocycles. The van der Waals surface area contributed by atoms with Gasteiger partial charge in [-0.15, -0.1) is 0 Å². The maximum absolute atomic E-state index is 5.81. The monoisotopic (exact) mass is 389 g/mol. The predicted octanol–water partition coefficient (Wildman–Crippen LogP) is 5.39. The molecule has 5 nitrogen and oxygen atoms in total. The Morgan fingerprint density at radius 3 is 2.25 bits per heavy atom. The fourth-order valence-electron chi connectivity index (χ4n) is 2.97. The number of nitrogens with one attached hydrogen (secondary N) is 1. The Bertz CT molecular complexity index is 1070. The first-order chi connectivity index (χ1) is 13.8. The molecule has 0 fully saturated rings. The Kier molecular flexibility index (Phi) is 6.57. The van der Waals surface area contributed by atoms with Crippen LogP contribution in [0.1, 0.15) is 13.8 Å². The topological polar surface area (TPSA) is 76.7 Å². The number of hydrazine groups is 1. The second kappa shape index (κ2) is 9.30. The number of hydrogen-bond acceptors (Lipinski definition) is 6. The van der Waals surface area contributed by atoms with E-state index in [0.717, 1.165) is 27.8 Å². The molecule has 3 N–H and O–H groups in total. The summed E-state index contributed by atoms with van der Waals surface area (Å²) in [5.74, 6) is 6.41. The number of nitrogens with two attached hydrogens (primary N) is 1. The van der Waals surface area contributed by atoms with E-state index in [-0.39, 0.29) is 0 Å². The van der Waals surface area contributed by atoms with Crippen molar-refractivity contribution in [3.05, 3.63) is 67.0 Å². The zero-order chi connectivity index (χ0) is 19.9. The van der Waals surface area contributed by atoms with Crippen LogP contribution in [0.5, 0.6) is 0 Å². The zero-order valence-corrected chi connectivity index (χ0v) is 17.0. The maximum atomic E-state index is 5.81. The average molecular weight is 390 g/mol. The molecular formula is C22H23N5S. The SMILES string of the molecule is CC.CSc1nc(NN)c(-c2ccc3ccccc3c2)c(-c2ccncc2)n1. The highest BCUT2D eigenvalue weighted by Gasteiger charge is 2.17. The first-order valence-electron chi connectivity index (χ1n) is 9.12. The molecule has 2 aromatic carbocycles. The van der Waals surface area contributed by atoms with Gasteiger partial charge in [0.05, 0.1) is 11.3 Å². The number of rotatable bonds is 4. The van der Waals surface area contributed by atoms with Crippen LogP contribution in [0.15, 0.2) is 72.1 Å². The molecule has 0 aliphatic rings. The second-order valence-electron chi connectivity index (χ2n) is 5.72. The summed E-state index contributed by atoms with van der Waals surface area (Å²) < 4.78 is 0. The van der Waals surface area contributed by atoms with Crippen LogP contribution in [-0.2, 0) is 0 Å². The van der Waals surface area contributed by atoms with Crippen LogP contribution in [0.3, 0.4) is 0 Å². The number of anilines is 1. The van der Waals surface area contributed by atoms with Crippen molar-refractivity contribution in [2.24, 2.45) is 5.84 Å². The quantitative estimate of drug-likeness (QED) is 0.211. The molecule has 4 aromatic rings. The van der Waals surface area contributed by atoms with Gasteiger partial charge in [-0.3, -0.25) is 4.98 Å². The van der Waals surface area contributed by atoms with Gasteiger partial charge >= 0.3 is 0 Å². The summed E-state index contributed by atoms with van der Waals surface area (Å²) in [5.41, 5.74) is 6.43. The van der Waals surface area contributed by atoms with Crippen molar-refractivity contribution in [3.63, 3.8) is 0 Å². The minimum absolute atomic E-state index is 0.603. The zero-order valence-electron chi connectivity index (χ0n) is 16.2. The van der Waals surface area contributed by atoms with E-state index in [2.05, 4.69) is 45.7 Å². The molecule has 0 unspecified atom stereocenters. The molecule has 2 heterocycles. The molecule has 4 rings (SSSR count). The highest BCUT2D eigenvalue weighted by Crippen LogP contribution is 2.37. The van der Waals surface area contributed by atoms with Gasteiger partial charge in [0.15, 0.2) is 11.0 Å². The molecule has 0 saturated heterocycles. The lowest BCUT2D eigenvalue weighted by Gasteiger charge is -2.15. The molecule has 6 heteroatoms. The Balaban J connectivity index is 0.00000109. The van der Waals surface area contributed by atoms with Crippen molar-refractivity contribution in [1.29, 1.82) is 0 Å². The van der Waals surface area contributed by atoms with Crippen LogP contribution >= 0.6 is 11.8 Å². The highest BCUT2D eigenvalue weighted by molar-refractivity contribution is 7.98. The van der Waals surface area contributed by atoms with Gasteiger partial charge in [-0.25, -0.2) is 15.8 Å². The number of thioether (sulfide) groups is 1. The number of benzene rings is 2. The fourth-order valence-corrected chi connectivity index (χ4v) is 3.34. The van der Waals surface area contributed by atoms with E-state index in [9.17, 15) is 0 Å². The van der Waals surface area contributed by atoms with Crippen molar-refractivity contribution in [2.75, 3.05) is 11.7 Å². The van der Waals surface area contributed by atoms with Crippen molar-refractivity contribution in [3.8, 4) is 22.4 Å². The Labute approximate surface area is 169 Å². The number of nitrogens with zero attached hydrogens (tertiary/aromatic N) is 3. The number of aromatic nitrogens is 3. The van der Waals surface area contributed by atoms with E-state index in [1.807, 2.05) is 44.4 Å². The molecule has 0 atom stereocenters. The van der Waals surface area contributed by atoms with Crippen LogP contribution in [0.4, 0.5) is 5.82 Å². The molecule has 0 spiro atoms. The first kappa shape index (κ1) is 19.8. The molecule has 0 amide bonds. The molecular weight excluding hydrogens is 366 g/mol. The summed E-state index contributed by atoms with van der Waals surface area (Å²) in [5, 5.41) is 3.00. The van der Waals surface area contributed by atoms with Crippen LogP contribution in [0.25, 0.3) is 33.2 Å². The van der Waals surface area contributed by atoms with Crippen LogP contribution < -0.4 is 11.3 Å². The summed E-state index contributed by atoms with van der Waals surface area (Å²) in [6.45, 7) is 4.00. The molecule has 0 bridgehead atoms. The summed E-state index contributed by atoms with van der Waals surface area (Å²) in [7, 11) is 0. The van der Waals surface area contributed by atoms with E-state index >= 15 is 0 Å². The van der Waals surface area contributed by atoms with E-state index < -0.39 is 0 Å². The van der Waals surface area contributed by atoms with E-state index in [0.29, 0.717) is 11.0 Å². The standard InChI is InChI=1S/C20H17N5S.C2H6/c1-26-20-23-18(14-8-10-22-11-9-14)17(19(24-20)25-21)16-7-6-13-4-2-3-5-15(13)12-16;1-2/h2-12H,21H2,1H3,(H,23,24,25);1-2H3. The van der Waals surface area contributed by atoms with Gasteiger partial charge in [-0.1, -0.05) is 62.0 Å². The molecule has 0 saturated carbocycles. The lowest BCUT2D eigenvalue weighted by atomic mass is 9.97. The van der Waals surface area contributed by atoms with Crippen LogP contribution in [0.2, 0.25) is 0 Å². The summed E-state index contributed by atoms with van der Waals surface area (Å²) in [6, 6.07) is 18.5. The molecule has 0 aliphatic carbocycles. The summed E-state index contributed by atoms with van der Waals surface area (Å²) in [6.07, 6.45) is 5.47. The molecule has 142 valence electrons. The highest BCUT2D eigenvalue weighted by atomic mass is 32.2. The third-order valence-corrected chi connectivity index (χ3v) is 4.75. The third-order valence-electron chi connectivity index (χ3n) is 4.20. The van der Waals surface area contributed by atoms with E-state index in [1.165, 1.54) is 17.1 Å². The first-order valence-corrected chi connectivity index (χ1v) is 10.3. The van der Waals surface area contributed by atoms with Gasteiger partial charge in [-0.2, -0.15) is 0 Å². The normalized spacial score (nSPS) is 10.3. The molecule has 2 aromatic heterocycles. The van der Waals surface area contributed by atoms with Gasteiger partial charge in [0.1, 0.15) is 0 Å². The average Bonchev–Trinajstić information content (AvgIpc) is 2.79. The second-order valence-corrected chi connectivity index (χ2v) is 6.50. The van der Waals surface area contributed by atoms with Gasteiger partial charge in [-0.05, 0) is 40.8 Å². The third kappa shape index (κ3) is 3.98. The minimum Gasteiger partial charge on any atom is -0.308 e. The smallest absolute Gasteiger partial charge is 0.189 e. The lowest BCUT2D eigenvalue weighted by molar-refractivity contribution is 0.974. The fraction of sp³-hybridized carbons (Fsp3) is 0.136. The molecule has 28 heavy (non-hydrogen) atoms. The number of hydrogen-bond donors (Lipinski definition) is 2. The Morgan fingerprint density at radius 1 is 0.857 bits per heavy atom. The van der Waals surface area contributed by atoms with Crippen molar-refractivity contribution >= 4 is 28.4 Å². The Hall–Kier alpha value is -2.96. The van der Waals surface area contributed by atoms with Crippen LogP contribution in [-0.4, -0.2) is 21.2 Å². The van der Waals surface area contributed by atoms with Crippen molar-refractivity contribution in [1.82, 2.24) is 15.0 Å². The van der Waals surface area contributed by atoms with Crippen molar-refractivity contribution < 1.29 is 0 Å². The maximum Gasteiger partial charge on any atom is 0.189 e. The predicted molar refractivity (Wildman–Crippen MR) is 119 cm³/mol. The summed E-state index contributed by atoms with van der Waals surface area (Å²) >= 11 is 1.48. The Morgan fingerprint density at radius 2 is 1.57 bits per heavy atom. The van der Waals surface area contributed by atoms with Gasteiger partial charge in [0.25, 0.3) is 0 Å². The van der Waals surface area contributed by atoms with Gasteiger partial charge < -0.3 is 5.43 Å². The van der Waals surface area contributed by atoms with Gasteiger partial charge in [0, 0.05) is 18.0 Å². The minimum atomic E-state index is 0.603. The largest absolute Gasteiger partial charge is 0.308 e. The lowest BCUT2D eigenvalue weighted by Crippen LogP contribution is -2.12. The van der Waals surface area contributed by atoms with E-state index in [4.69, 9.17) is 10.8 Å². The number of pyridine rings is 1. The molecule has 0 radical (unpaired) electrons. The summed E-state index contributed by atoms with van der Waals surface area (Å²) in [4.78, 5) is 13.4. The number of nitrogen functional groups attached to an aromatic ring is 1. The van der Waals surface area contributed by atoms with Gasteiger partial charge in [0.2, 0.25) is 0 Å². The van der Waals surface area contributed by atoms with Crippen molar-refractivity contribution in [2.45, 2.75) is 19.0 Å². The van der Waals surface area contributed by atoms with E-state index in [1.54, 1.807) is 12.4 Å². The van der Waals surface area contributed by atoms with Crippen LogP contribution in [0, 0.1) is 0 Å². The number of fused-ring (bicyclic) bond motifs is 1.